The molecule has 0 atom stereocenters. The van der Waals surface area contributed by atoms with E-state index in [4.69, 9.17) is 0 Å². The molecule has 0 spiro atoms. The number of carbonyl (C=O) groups excluding carboxylic acids is 1. The second-order valence-corrected chi connectivity index (χ2v) is 8.48. The fourth-order valence-electron chi connectivity index (χ4n) is 3.22. The molecular formula is C18H36NO4P-2. The first kappa shape index (κ1) is 23.6. The molecule has 0 aromatic carbocycles. The van der Waals surface area contributed by atoms with Crippen LogP contribution in [0.3, 0.4) is 0 Å². The number of rotatable bonds is 14. The maximum Gasteiger partial charge on any atom is 0.233 e. The number of carbonyl (C=O) groups is 1. The van der Waals surface area contributed by atoms with Crippen LogP contribution in [0.25, 0.3) is 0 Å². The topological polar surface area (TPSA) is 83.5 Å². The summed E-state index contributed by atoms with van der Waals surface area (Å²) in [5, 5.41) is -1.75. The number of unbranched alkanes of at least 4 members (excludes halogenated alkanes) is 6. The normalized spacial score (nSPS) is 12.4. The molecule has 0 aromatic heterocycles. The van der Waals surface area contributed by atoms with Gasteiger partial charge in [-0.05, 0) is 26.7 Å². The van der Waals surface area contributed by atoms with Gasteiger partial charge in [-0.1, -0.05) is 72.8 Å². The summed E-state index contributed by atoms with van der Waals surface area (Å²) in [6, 6.07) is 0. The molecule has 0 fully saturated rings. The molecule has 0 aromatic rings. The minimum absolute atomic E-state index is 0.165. The van der Waals surface area contributed by atoms with E-state index >= 15 is 0 Å². The van der Waals surface area contributed by atoms with Crippen LogP contribution in [0.4, 0.5) is 0 Å². The summed E-state index contributed by atoms with van der Waals surface area (Å²) in [7, 11) is -5.03. The first-order valence-corrected chi connectivity index (χ1v) is 11.2. The van der Waals surface area contributed by atoms with Gasteiger partial charge in [-0.2, -0.15) is 0 Å². The number of hydrogen-bond donors (Lipinski definition) is 0. The van der Waals surface area contributed by atoms with E-state index < -0.39 is 18.7 Å². The summed E-state index contributed by atoms with van der Waals surface area (Å²) < 4.78 is 12.2. The number of amides is 1. The SMILES string of the molecule is CCCCCCC(CCCCCC)(C(=O)N(CC)CC)P(=O)([O-])[O-]. The Kier molecular flexibility index (Phi) is 11.9. The van der Waals surface area contributed by atoms with Gasteiger partial charge in [0, 0.05) is 13.1 Å². The highest BCUT2D eigenvalue weighted by atomic mass is 31.2. The van der Waals surface area contributed by atoms with Gasteiger partial charge in [-0.25, -0.2) is 0 Å². The largest absolute Gasteiger partial charge is 0.810 e. The molecule has 0 aliphatic rings. The van der Waals surface area contributed by atoms with Crippen molar-refractivity contribution in [2.45, 2.75) is 97.1 Å². The minimum atomic E-state index is -5.03. The highest BCUT2D eigenvalue weighted by Crippen LogP contribution is 2.51. The first-order chi connectivity index (χ1) is 11.3. The van der Waals surface area contributed by atoms with Crippen molar-refractivity contribution in [1.82, 2.24) is 4.90 Å². The monoisotopic (exact) mass is 361 g/mol. The molecule has 0 radical (unpaired) electrons. The molecule has 0 unspecified atom stereocenters. The maximum absolute atomic E-state index is 13.0. The highest BCUT2D eigenvalue weighted by molar-refractivity contribution is 7.52. The predicted molar refractivity (Wildman–Crippen MR) is 95.8 cm³/mol. The molecule has 0 saturated carbocycles. The lowest BCUT2D eigenvalue weighted by Gasteiger charge is -2.50. The number of hydrogen-bond acceptors (Lipinski definition) is 4. The average Bonchev–Trinajstić information content (AvgIpc) is 2.53. The third-order valence-corrected chi connectivity index (χ3v) is 6.55. The summed E-state index contributed by atoms with van der Waals surface area (Å²) in [6.07, 6.45) is 7.32. The summed E-state index contributed by atoms with van der Waals surface area (Å²) in [6.45, 7) is 8.65. The second-order valence-electron chi connectivity index (χ2n) is 6.63. The lowest BCUT2D eigenvalue weighted by molar-refractivity contribution is -0.320. The third-order valence-electron chi connectivity index (χ3n) is 4.86. The van der Waals surface area contributed by atoms with E-state index in [9.17, 15) is 19.1 Å². The standard InChI is InChI=1S/C18H38NO4P/c1-5-9-11-13-15-18(24(21,22)23,16-14-12-10-6-2)17(20)19(7-3)8-4/h5-16H2,1-4H3,(H2,21,22,23)/p-2. The van der Waals surface area contributed by atoms with Crippen LogP contribution >= 0.6 is 7.60 Å². The Morgan fingerprint density at radius 2 is 1.25 bits per heavy atom. The average molecular weight is 361 g/mol. The van der Waals surface area contributed by atoms with Crippen molar-refractivity contribution in [2.24, 2.45) is 0 Å². The molecule has 0 bridgehead atoms. The molecule has 0 heterocycles. The van der Waals surface area contributed by atoms with Gasteiger partial charge in [0.15, 0.2) is 0 Å². The smallest absolute Gasteiger partial charge is 0.233 e. The summed E-state index contributed by atoms with van der Waals surface area (Å²) in [4.78, 5) is 38.8. The lowest BCUT2D eigenvalue weighted by atomic mass is 9.91. The molecule has 0 aliphatic carbocycles. The molecule has 0 aliphatic heterocycles. The van der Waals surface area contributed by atoms with Crippen LogP contribution in [0, 0.1) is 0 Å². The van der Waals surface area contributed by atoms with E-state index in [0.717, 1.165) is 38.5 Å². The van der Waals surface area contributed by atoms with Crippen molar-refractivity contribution in [3.8, 4) is 0 Å². The summed E-state index contributed by atoms with van der Waals surface area (Å²) in [5.41, 5.74) is 0. The zero-order valence-electron chi connectivity index (χ0n) is 16.0. The van der Waals surface area contributed by atoms with Crippen LogP contribution in [0.5, 0.6) is 0 Å². The van der Waals surface area contributed by atoms with Gasteiger partial charge in [0.2, 0.25) is 5.91 Å². The van der Waals surface area contributed by atoms with E-state index in [2.05, 4.69) is 13.8 Å². The minimum Gasteiger partial charge on any atom is -0.810 e. The molecule has 5 nitrogen and oxygen atoms in total. The van der Waals surface area contributed by atoms with Gasteiger partial charge in [-0.15, -0.1) is 0 Å². The Labute approximate surface area is 148 Å². The molecule has 1 amide bonds. The van der Waals surface area contributed by atoms with E-state index in [1.807, 2.05) is 13.8 Å². The summed E-state index contributed by atoms with van der Waals surface area (Å²) >= 11 is 0. The van der Waals surface area contributed by atoms with E-state index in [1.165, 1.54) is 4.90 Å². The van der Waals surface area contributed by atoms with Gasteiger partial charge in [0.25, 0.3) is 0 Å². The zero-order chi connectivity index (χ0) is 18.6. The van der Waals surface area contributed by atoms with Gasteiger partial charge < -0.3 is 19.3 Å². The van der Waals surface area contributed by atoms with Crippen LogP contribution in [-0.4, -0.2) is 29.1 Å². The van der Waals surface area contributed by atoms with Crippen LogP contribution in [0.15, 0.2) is 0 Å². The van der Waals surface area contributed by atoms with E-state index in [1.54, 1.807) is 0 Å². The van der Waals surface area contributed by atoms with Crippen molar-refractivity contribution >= 4 is 13.5 Å². The quantitative estimate of drug-likeness (QED) is 0.350. The summed E-state index contributed by atoms with van der Waals surface area (Å²) in [5.74, 6) is -0.478. The molecule has 0 N–H and O–H groups in total. The molecule has 6 heteroatoms. The van der Waals surface area contributed by atoms with Crippen LogP contribution in [-0.2, 0) is 9.36 Å². The van der Waals surface area contributed by atoms with Gasteiger partial charge in [0.1, 0.15) is 0 Å². The van der Waals surface area contributed by atoms with Crippen molar-refractivity contribution in [3.63, 3.8) is 0 Å². The van der Waals surface area contributed by atoms with Crippen molar-refractivity contribution in [1.29, 1.82) is 0 Å². The first-order valence-electron chi connectivity index (χ1n) is 9.62. The van der Waals surface area contributed by atoms with Crippen molar-refractivity contribution < 1.29 is 19.1 Å². The fraction of sp³-hybridized carbons (Fsp3) is 0.944. The molecule has 144 valence electrons. The Morgan fingerprint density at radius 3 is 1.54 bits per heavy atom. The van der Waals surface area contributed by atoms with Crippen LogP contribution in [0.2, 0.25) is 0 Å². The van der Waals surface area contributed by atoms with Crippen LogP contribution in [0.1, 0.15) is 91.9 Å². The van der Waals surface area contributed by atoms with Gasteiger partial charge in [-0.3, -0.25) is 4.79 Å². The fourth-order valence-corrected chi connectivity index (χ4v) is 4.46. The molecule has 0 rings (SSSR count). The van der Waals surface area contributed by atoms with Gasteiger partial charge in [0.05, 0.1) is 5.16 Å². The Hall–Kier alpha value is -0.380. The highest BCUT2D eigenvalue weighted by Gasteiger charge is 2.42. The second kappa shape index (κ2) is 12.1. The van der Waals surface area contributed by atoms with Crippen LogP contribution < -0.4 is 9.79 Å². The lowest BCUT2D eigenvalue weighted by Crippen LogP contribution is -2.53. The van der Waals surface area contributed by atoms with Crippen molar-refractivity contribution in [2.75, 3.05) is 13.1 Å². The zero-order valence-corrected chi connectivity index (χ0v) is 16.9. The maximum atomic E-state index is 13.0. The van der Waals surface area contributed by atoms with E-state index in [0.29, 0.717) is 25.9 Å². The number of nitrogens with zero attached hydrogens (tertiary/aromatic N) is 1. The third kappa shape index (κ3) is 6.85. The van der Waals surface area contributed by atoms with Crippen molar-refractivity contribution in [3.05, 3.63) is 0 Å². The molecule has 0 saturated heterocycles. The predicted octanol–water partition coefficient (Wildman–Crippen LogP) is 3.45. The Morgan fingerprint density at radius 1 is 0.833 bits per heavy atom. The molecular weight excluding hydrogens is 325 g/mol. The Bertz CT molecular complexity index is 378. The van der Waals surface area contributed by atoms with E-state index in [-0.39, 0.29) is 12.8 Å². The molecule has 24 heavy (non-hydrogen) atoms. The Balaban J connectivity index is 5.42. The van der Waals surface area contributed by atoms with Gasteiger partial charge >= 0.3 is 0 Å².